The van der Waals surface area contributed by atoms with Crippen molar-refractivity contribution < 1.29 is 19.1 Å². The maximum atomic E-state index is 11.6. The van der Waals surface area contributed by atoms with Crippen LogP contribution >= 0.6 is 0 Å². The highest BCUT2D eigenvalue weighted by Gasteiger charge is 2.31. The van der Waals surface area contributed by atoms with Crippen molar-refractivity contribution in [3.63, 3.8) is 0 Å². The Morgan fingerprint density at radius 1 is 1.28 bits per heavy atom. The lowest BCUT2D eigenvalue weighted by atomic mass is 10.0. The topological polar surface area (TPSA) is 146 Å². The summed E-state index contributed by atoms with van der Waals surface area (Å²) in [4.78, 5) is 27.7. The van der Waals surface area contributed by atoms with Gasteiger partial charge in [-0.15, -0.1) is 4.99 Å². The Hall–Kier alpha value is -2.13. The molecule has 1 aliphatic rings. The molecule has 0 aromatic carbocycles. The quantitative estimate of drug-likeness (QED) is 0.235. The maximum absolute atomic E-state index is 11.6. The zero-order valence-electron chi connectivity index (χ0n) is 14.6. The smallest absolute Gasteiger partial charge is 0.437 e. The number of nitrogens with two attached hydrogens (primary N) is 3. The summed E-state index contributed by atoms with van der Waals surface area (Å²) in [6, 6.07) is -0.225. The van der Waals surface area contributed by atoms with E-state index < -0.39 is 12.3 Å². The summed E-state index contributed by atoms with van der Waals surface area (Å²) in [7, 11) is 0. The Morgan fingerprint density at radius 2 is 2.04 bits per heavy atom. The molecule has 2 amide bonds. The van der Waals surface area contributed by atoms with Crippen LogP contribution in [0.15, 0.2) is 17.6 Å². The first-order valence-corrected chi connectivity index (χ1v) is 8.49. The van der Waals surface area contributed by atoms with E-state index in [2.05, 4.69) is 11.6 Å². The van der Waals surface area contributed by atoms with Crippen LogP contribution in [0, 0.1) is 0 Å². The predicted molar refractivity (Wildman–Crippen MR) is 94.5 cm³/mol. The second-order valence-corrected chi connectivity index (χ2v) is 5.87. The first kappa shape index (κ1) is 20.9. The molecular formula is C16H29N5O4. The third-order valence-corrected chi connectivity index (χ3v) is 3.79. The van der Waals surface area contributed by atoms with Gasteiger partial charge in [0.1, 0.15) is 12.8 Å². The van der Waals surface area contributed by atoms with Crippen molar-refractivity contribution in [1.29, 1.82) is 0 Å². The van der Waals surface area contributed by atoms with Crippen molar-refractivity contribution in [1.82, 2.24) is 4.90 Å². The average molecular weight is 355 g/mol. The molecule has 0 bridgehead atoms. The molecule has 1 unspecified atom stereocenters. The van der Waals surface area contributed by atoms with Gasteiger partial charge in [0.15, 0.2) is 0 Å². The highest BCUT2D eigenvalue weighted by Crippen LogP contribution is 2.18. The molecule has 0 saturated carbocycles. The number of unbranched alkanes of at least 4 members (excludes halogenated alkanes) is 2. The van der Waals surface area contributed by atoms with E-state index in [1.807, 2.05) is 0 Å². The summed E-state index contributed by atoms with van der Waals surface area (Å²) in [6.07, 6.45) is 4.59. The number of carbonyl (C=O) groups excluding carboxylic acids is 2. The van der Waals surface area contributed by atoms with E-state index in [-0.39, 0.29) is 24.5 Å². The maximum Gasteiger partial charge on any atom is 0.437 e. The number of piperidine rings is 1. The zero-order valence-corrected chi connectivity index (χ0v) is 14.6. The molecule has 1 saturated heterocycles. The normalized spacial score (nSPS) is 21.0. The minimum absolute atomic E-state index is 0.0305. The van der Waals surface area contributed by atoms with Crippen molar-refractivity contribution in [2.45, 2.75) is 50.8 Å². The highest BCUT2D eigenvalue weighted by molar-refractivity contribution is 5.89. The van der Waals surface area contributed by atoms with E-state index in [0.29, 0.717) is 19.6 Å². The first-order valence-electron chi connectivity index (χ1n) is 8.49. The van der Waals surface area contributed by atoms with Crippen LogP contribution in [0.1, 0.15) is 38.5 Å². The fraction of sp³-hybridized carbons (Fsp3) is 0.688. The molecular weight excluding hydrogens is 326 g/mol. The summed E-state index contributed by atoms with van der Waals surface area (Å²) in [6.45, 7) is 4.60. The third-order valence-electron chi connectivity index (χ3n) is 3.79. The molecule has 1 aliphatic heterocycles. The largest absolute Gasteiger partial charge is 0.444 e. The Labute approximate surface area is 148 Å². The van der Waals surface area contributed by atoms with Gasteiger partial charge in [-0.3, -0.25) is 4.79 Å². The molecule has 1 fully saturated rings. The van der Waals surface area contributed by atoms with Crippen LogP contribution in [0.25, 0.3) is 0 Å². The number of rotatable bonds is 9. The Kier molecular flexibility index (Phi) is 9.56. The average Bonchev–Trinajstić information content (AvgIpc) is 2.56. The van der Waals surface area contributed by atoms with Crippen LogP contribution in [-0.4, -0.2) is 54.9 Å². The van der Waals surface area contributed by atoms with Gasteiger partial charge in [-0.25, -0.2) is 4.79 Å². The van der Waals surface area contributed by atoms with Crippen LogP contribution in [0.4, 0.5) is 4.79 Å². The van der Waals surface area contributed by atoms with E-state index in [0.717, 1.165) is 32.1 Å². The van der Waals surface area contributed by atoms with Crippen molar-refractivity contribution in [3.8, 4) is 0 Å². The van der Waals surface area contributed by atoms with Crippen LogP contribution in [0.5, 0.6) is 0 Å². The van der Waals surface area contributed by atoms with Crippen LogP contribution in [0.3, 0.4) is 0 Å². The second-order valence-electron chi connectivity index (χ2n) is 5.87. The molecule has 9 nitrogen and oxygen atoms in total. The fourth-order valence-corrected chi connectivity index (χ4v) is 2.56. The highest BCUT2D eigenvalue weighted by atomic mass is 16.5. The Bertz CT molecular complexity index is 483. The summed E-state index contributed by atoms with van der Waals surface area (Å²) < 4.78 is 10.7. The fourth-order valence-electron chi connectivity index (χ4n) is 2.56. The lowest BCUT2D eigenvalue weighted by molar-refractivity contribution is -0.118. The van der Waals surface area contributed by atoms with Crippen molar-refractivity contribution in [3.05, 3.63) is 12.7 Å². The van der Waals surface area contributed by atoms with E-state index in [1.165, 1.54) is 6.08 Å². The van der Waals surface area contributed by atoms with Gasteiger partial charge < -0.3 is 31.6 Å². The Morgan fingerprint density at radius 3 is 2.72 bits per heavy atom. The molecule has 0 radical (unpaired) electrons. The number of guanidine groups is 1. The molecule has 1 rings (SSSR count). The SMILES string of the molecule is C=CCOC(=O)/N=C(\N)N1CCC[C@H](N)C1OCCCCCC(N)=O. The molecule has 142 valence electrons. The zero-order chi connectivity index (χ0) is 18.7. The number of primary amides is 1. The lowest BCUT2D eigenvalue weighted by Crippen LogP contribution is -2.57. The van der Waals surface area contributed by atoms with Crippen LogP contribution in [0.2, 0.25) is 0 Å². The number of carbonyl (C=O) groups is 2. The number of likely N-dealkylation sites (tertiary alicyclic amines) is 1. The number of hydrogen-bond acceptors (Lipinski definition) is 5. The summed E-state index contributed by atoms with van der Waals surface area (Å²) in [5.41, 5.74) is 17.2. The molecule has 0 aromatic heterocycles. The molecule has 2 atom stereocenters. The van der Waals surface area contributed by atoms with Crippen molar-refractivity contribution in [2.75, 3.05) is 19.8 Å². The van der Waals surface area contributed by atoms with Gasteiger partial charge in [0.2, 0.25) is 11.9 Å². The molecule has 0 spiro atoms. The number of aliphatic imine (C=N–C) groups is 1. The number of amides is 2. The second kappa shape index (κ2) is 11.4. The first-order chi connectivity index (χ1) is 12.0. The molecule has 0 aliphatic carbocycles. The van der Waals surface area contributed by atoms with Crippen molar-refractivity contribution in [2.24, 2.45) is 22.2 Å². The summed E-state index contributed by atoms with van der Waals surface area (Å²) in [5.74, 6) is -0.267. The van der Waals surface area contributed by atoms with Gasteiger partial charge in [0.25, 0.3) is 0 Å². The van der Waals surface area contributed by atoms with Gasteiger partial charge in [-0.2, -0.15) is 0 Å². The van der Waals surface area contributed by atoms with E-state index in [9.17, 15) is 9.59 Å². The monoisotopic (exact) mass is 355 g/mol. The van der Waals surface area contributed by atoms with Gasteiger partial charge >= 0.3 is 6.09 Å². The third kappa shape index (κ3) is 7.99. The molecule has 0 aromatic rings. The lowest BCUT2D eigenvalue weighted by Gasteiger charge is -2.39. The predicted octanol–water partition coefficient (Wildman–Crippen LogP) is 0.435. The minimum Gasteiger partial charge on any atom is -0.444 e. The Balaban J connectivity index is 2.51. The number of hydrogen-bond donors (Lipinski definition) is 3. The van der Waals surface area contributed by atoms with Crippen molar-refractivity contribution >= 4 is 18.0 Å². The van der Waals surface area contributed by atoms with Gasteiger partial charge in [-0.1, -0.05) is 19.1 Å². The van der Waals surface area contributed by atoms with E-state index in [4.69, 9.17) is 26.7 Å². The van der Waals surface area contributed by atoms with Gasteiger partial charge in [0, 0.05) is 25.6 Å². The molecule has 1 heterocycles. The number of ether oxygens (including phenoxy) is 2. The molecule has 6 N–H and O–H groups in total. The molecule has 25 heavy (non-hydrogen) atoms. The van der Waals surface area contributed by atoms with Crippen LogP contribution in [-0.2, 0) is 14.3 Å². The minimum atomic E-state index is -0.776. The van der Waals surface area contributed by atoms with E-state index >= 15 is 0 Å². The standard InChI is InChI=1S/C16H29N5O4/c1-2-10-25-16(23)20-15(19)21-9-6-7-12(17)14(21)24-11-5-3-4-8-13(18)22/h2,12,14H,1,3-11,17H2,(H2,18,22)(H2,19,20,23)/t12-,14?/m0/s1. The van der Waals surface area contributed by atoms with Gasteiger partial charge in [0.05, 0.1) is 0 Å². The van der Waals surface area contributed by atoms with E-state index in [1.54, 1.807) is 4.90 Å². The summed E-state index contributed by atoms with van der Waals surface area (Å²) in [5, 5.41) is 0. The molecule has 9 heteroatoms. The summed E-state index contributed by atoms with van der Waals surface area (Å²) >= 11 is 0. The van der Waals surface area contributed by atoms with Crippen LogP contribution < -0.4 is 17.2 Å². The number of nitrogens with zero attached hydrogens (tertiary/aromatic N) is 2. The van der Waals surface area contributed by atoms with Gasteiger partial charge in [-0.05, 0) is 25.7 Å².